The van der Waals surface area contributed by atoms with Crippen LogP contribution in [0.4, 0.5) is 0 Å². The number of amides is 1. The number of rotatable bonds is 6. The van der Waals surface area contributed by atoms with Gasteiger partial charge in [0.05, 0.1) is 18.7 Å². The van der Waals surface area contributed by atoms with Gasteiger partial charge in [0.25, 0.3) is 0 Å². The zero-order chi connectivity index (χ0) is 16.8. The van der Waals surface area contributed by atoms with Gasteiger partial charge in [-0.2, -0.15) is 0 Å². The molecule has 1 aliphatic heterocycles. The van der Waals surface area contributed by atoms with Gasteiger partial charge >= 0.3 is 0 Å². The summed E-state index contributed by atoms with van der Waals surface area (Å²) in [6.45, 7) is 2.68. The molecule has 3 rings (SSSR count). The predicted molar refractivity (Wildman–Crippen MR) is 95.0 cm³/mol. The van der Waals surface area contributed by atoms with E-state index in [-0.39, 0.29) is 11.9 Å². The average molecular weight is 347 g/mol. The van der Waals surface area contributed by atoms with Crippen LogP contribution in [0.2, 0.25) is 5.02 Å². The standard InChI is InChI=1S/C19H23ClN2O2/c20-16-8-6-15(7-9-16)13-19(23)21-14-17(18-5-4-12-24-18)22-10-2-1-3-11-22/h4-9,12,17H,1-3,10-11,13-14H2,(H,21,23). The molecule has 0 radical (unpaired) electrons. The normalized spacial score (nSPS) is 16.7. The zero-order valence-electron chi connectivity index (χ0n) is 13.7. The molecule has 0 bridgehead atoms. The van der Waals surface area contributed by atoms with Gasteiger partial charge in [-0.05, 0) is 55.8 Å². The lowest BCUT2D eigenvalue weighted by molar-refractivity contribution is -0.120. The van der Waals surface area contributed by atoms with Crippen molar-refractivity contribution in [2.45, 2.75) is 31.7 Å². The number of benzene rings is 1. The van der Waals surface area contributed by atoms with Crippen LogP contribution in [0.3, 0.4) is 0 Å². The highest BCUT2D eigenvalue weighted by molar-refractivity contribution is 6.30. The molecule has 2 aromatic rings. The summed E-state index contributed by atoms with van der Waals surface area (Å²) in [6.07, 6.45) is 5.75. The van der Waals surface area contributed by atoms with Crippen molar-refractivity contribution in [2.24, 2.45) is 0 Å². The minimum absolute atomic E-state index is 0.0193. The minimum atomic E-state index is 0.0193. The minimum Gasteiger partial charge on any atom is -0.468 e. The van der Waals surface area contributed by atoms with Crippen molar-refractivity contribution in [2.75, 3.05) is 19.6 Å². The Hall–Kier alpha value is -1.78. The summed E-state index contributed by atoms with van der Waals surface area (Å²) in [5, 5.41) is 3.74. The summed E-state index contributed by atoms with van der Waals surface area (Å²) in [5.74, 6) is 0.939. The maximum absolute atomic E-state index is 12.3. The smallest absolute Gasteiger partial charge is 0.224 e. The quantitative estimate of drug-likeness (QED) is 0.864. The molecule has 0 aliphatic carbocycles. The number of carbonyl (C=O) groups excluding carboxylic acids is 1. The van der Waals surface area contributed by atoms with E-state index in [4.69, 9.17) is 16.0 Å². The number of nitrogens with zero attached hydrogens (tertiary/aromatic N) is 1. The summed E-state index contributed by atoms with van der Waals surface area (Å²) in [5.41, 5.74) is 0.962. The number of furan rings is 1. The van der Waals surface area contributed by atoms with Crippen molar-refractivity contribution in [3.05, 3.63) is 59.0 Å². The molecule has 1 fully saturated rings. The molecular weight excluding hydrogens is 324 g/mol. The summed E-state index contributed by atoms with van der Waals surface area (Å²) in [7, 11) is 0. The zero-order valence-corrected chi connectivity index (χ0v) is 14.5. The van der Waals surface area contributed by atoms with Crippen LogP contribution in [0.25, 0.3) is 0 Å². The Kier molecular flexibility index (Phi) is 5.94. The van der Waals surface area contributed by atoms with Gasteiger partial charge in [0, 0.05) is 11.6 Å². The predicted octanol–water partition coefficient (Wildman–Crippen LogP) is 3.82. The van der Waals surface area contributed by atoms with E-state index in [1.54, 1.807) is 6.26 Å². The van der Waals surface area contributed by atoms with Gasteiger partial charge in [0.1, 0.15) is 5.76 Å². The van der Waals surface area contributed by atoms with Crippen LogP contribution in [0.1, 0.15) is 36.6 Å². The maximum atomic E-state index is 12.3. The fourth-order valence-corrected chi connectivity index (χ4v) is 3.31. The number of nitrogens with one attached hydrogen (secondary N) is 1. The van der Waals surface area contributed by atoms with Gasteiger partial charge in [-0.1, -0.05) is 30.2 Å². The van der Waals surface area contributed by atoms with E-state index < -0.39 is 0 Å². The van der Waals surface area contributed by atoms with Gasteiger partial charge in [-0.15, -0.1) is 0 Å². The third kappa shape index (κ3) is 4.62. The van der Waals surface area contributed by atoms with Crippen LogP contribution in [0.5, 0.6) is 0 Å². The molecule has 128 valence electrons. The molecule has 1 aromatic heterocycles. The molecule has 1 aliphatic rings. The Bertz CT molecular complexity index is 634. The van der Waals surface area contributed by atoms with E-state index in [0.717, 1.165) is 24.4 Å². The first kappa shape index (κ1) is 17.1. The molecule has 4 nitrogen and oxygen atoms in total. The van der Waals surface area contributed by atoms with Gasteiger partial charge in [0.2, 0.25) is 5.91 Å². The number of piperidine rings is 1. The Labute approximate surface area is 147 Å². The van der Waals surface area contributed by atoms with Crippen LogP contribution in [-0.4, -0.2) is 30.4 Å². The number of likely N-dealkylation sites (tertiary alicyclic amines) is 1. The largest absolute Gasteiger partial charge is 0.468 e. The maximum Gasteiger partial charge on any atom is 0.224 e. The molecule has 1 amide bonds. The lowest BCUT2D eigenvalue weighted by Crippen LogP contribution is -2.40. The number of hydrogen-bond acceptors (Lipinski definition) is 3. The Morgan fingerprint density at radius 1 is 1.17 bits per heavy atom. The first-order valence-corrected chi connectivity index (χ1v) is 8.89. The topological polar surface area (TPSA) is 45.5 Å². The van der Waals surface area contributed by atoms with Crippen molar-refractivity contribution in [3.63, 3.8) is 0 Å². The van der Waals surface area contributed by atoms with Crippen LogP contribution in [0.15, 0.2) is 47.1 Å². The molecule has 1 unspecified atom stereocenters. The fourth-order valence-electron chi connectivity index (χ4n) is 3.18. The molecule has 1 atom stereocenters. The number of carbonyl (C=O) groups is 1. The summed E-state index contributed by atoms with van der Waals surface area (Å²) >= 11 is 5.88. The van der Waals surface area contributed by atoms with Crippen LogP contribution < -0.4 is 5.32 Å². The van der Waals surface area contributed by atoms with Crippen molar-refractivity contribution in [3.8, 4) is 0 Å². The Morgan fingerprint density at radius 2 is 1.92 bits per heavy atom. The molecule has 1 N–H and O–H groups in total. The van der Waals surface area contributed by atoms with Gasteiger partial charge in [-0.3, -0.25) is 9.69 Å². The van der Waals surface area contributed by atoms with Crippen LogP contribution in [-0.2, 0) is 11.2 Å². The van der Waals surface area contributed by atoms with Crippen molar-refractivity contribution >= 4 is 17.5 Å². The fraction of sp³-hybridized carbons (Fsp3) is 0.421. The van der Waals surface area contributed by atoms with Crippen molar-refractivity contribution in [1.82, 2.24) is 10.2 Å². The molecule has 0 spiro atoms. The number of hydrogen-bond donors (Lipinski definition) is 1. The molecule has 5 heteroatoms. The van der Waals surface area contributed by atoms with Crippen molar-refractivity contribution in [1.29, 1.82) is 0 Å². The molecule has 1 aromatic carbocycles. The third-order valence-corrected chi connectivity index (χ3v) is 4.73. The summed E-state index contributed by atoms with van der Waals surface area (Å²) < 4.78 is 5.60. The highest BCUT2D eigenvalue weighted by Gasteiger charge is 2.24. The molecule has 1 saturated heterocycles. The van der Waals surface area contributed by atoms with Gasteiger partial charge in [-0.25, -0.2) is 0 Å². The SMILES string of the molecule is O=C(Cc1ccc(Cl)cc1)NCC(c1ccco1)N1CCCCC1. The summed E-state index contributed by atoms with van der Waals surface area (Å²) in [4.78, 5) is 14.7. The van der Waals surface area contributed by atoms with Crippen LogP contribution >= 0.6 is 11.6 Å². The molecular formula is C19H23ClN2O2. The van der Waals surface area contributed by atoms with E-state index in [1.165, 1.54) is 19.3 Å². The first-order valence-electron chi connectivity index (χ1n) is 8.51. The second-order valence-electron chi connectivity index (χ2n) is 6.24. The Balaban J connectivity index is 1.58. The van der Waals surface area contributed by atoms with E-state index in [0.29, 0.717) is 18.0 Å². The lowest BCUT2D eigenvalue weighted by atomic mass is 10.1. The van der Waals surface area contributed by atoms with Crippen LogP contribution in [0, 0.1) is 0 Å². The van der Waals surface area contributed by atoms with Crippen molar-refractivity contribution < 1.29 is 9.21 Å². The second kappa shape index (κ2) is 8.36. The molecule has 0 saturated carbocycles. The van der Waals surface area contributed by atoms with E-state index in [9.17, 15) is 4.79 Å². The number of halogens is 1. The monoisotopic (exact) mass is 346 g/mol. The highest BCUT2D eigenvalue weighted by Crippen LogP contribution is 2.24. The summed E-state index contributed by atoms with van der Waals surface area (Å²) in [6, 6.07) is 11.4. The Morgan fingerprint density at radius 3 is 2.58 bits per heavy atom. The van der Waals surface area contributed by atoms with E-state index in [1.807, 2.05) is 36.4 Å². The molecule has 2 heterocycles. The average Bonchev–Trinajstić information content (AvgIpc) is 3.12. The third-order valence-electron chi connectivity index (χ3n) is 4.47. The second-order valence-corrected chi connectivity index (χ2v) is 6.67. The molecule has 24 heavy (non-hydrogen) atoms. The van der Waals surface area contributed by atoms with E-state index in [2.05, 4.69) is 10.2 Å². The highest BCUT2D eigenvalue weighted by atomic mass is 35.5. The van der Waals surface area contributed by atoms with Gasteiger partial charge in [0.15, 0.2) is 0 Å². The van der Waals surface area contributed by atoms with Gasteiger partial charge < -0.3 is 9.73 Å². The van der Waals surface area contributed by atoms with E-state index >= 15 is 0 Å². The first-order chi connectivity index (χ1) is 11.7. The lowest BCUT2D eigenvalue weighted by Gasteiger charge is -2.33.